The van der Waals surface area contributed by atoms with Crippen molar-refractivity contribution < 1.29 is 4.79 Å². The molecule has 4 heteroatoms. The Kier molecular flexibility index (Phi) is 7.14. The molecule has 0 aliphatic heterocycles. The molecule has 0 aliphatic carbocycles. The first-order chi connectivity index (χ1) is 9.63. The largest absolute Gasteiger partial charge is 0.339 e. The molecule has 0 fully saturated rings. The fraction of sp³-hybridized carbons (Fsp3) is 0.438. The maximum atomic E-state index is 12.4. The van der Waals surface area contributed by atoms with Crippen molar-refractivity contribution >= 4 is 17.5 Å². The van der Waals surface area contributed by atoms with Crippen molar-refractivity contribution in [2.24, 2.45) is 5.73 Å². The molecular formula is C16H21ClN2O. The van der Waals surface area contributed by atoms with Gasteiger partial charge in [0.05, 0.1) is 11.6 Å². The van der Waals surface area contributed by atoms with Gasteiger partial charge >= 0.3 is 0 Å². The summed E-state index contributed by atoms with van der Waals surface area (Å²) in [7, 11) is 0. The number of carbonyl (C=O) groups excluding carboxylic acids is 1. The molecule has 0 bridgehead atoms. The summed E-state index contributed by atoms with van der Waals surface area (Å²) in [6, 6.07) is 5.23. The maximum Gasteiger partial charge on any atom is 0.253 e. The van der Waals surface area contributed by atoms with Gasteiger partial charge in [-0.3, -0.25) is 4.79 Å². The second-order valence-electron chi connectivity index (χ2n) is 4.49. The maximum absolute atomic E-state index is 12.4. The van der Waals surface area contributed by atoms with Gasteiger partial charge in [-0.2, -0.15) is 0 Å². The molecule has 1 aromatic rings. The van der Waals surface area contributed by atoms with Crippen LogP contribution >= 0.6 is 11.6 Å². The number of nitrogens with zero attached hydrogens (tertiary/aromatic N) is 1. The van der Waals surface area contributed by atoms with Crippen molar-refractivity contribution in [1.29, 1.82) is 0 Å². The van der Waals surface area contributed by atoms with Gasteiger partial charge in [0.2, 0.25) is 0 Å². The highest BCUT2D eigenvalue weighted by atomic mass is 35.5. The number of hydrogen-bond donors (Lipinski definition) is 1. The number of halogens is 1. The van der Waals surface area contributed by atoms with E-state index in [0.717, 1.165) is 25.9 Å². The Bertz CT molecular complexity index is 511. The third-order valence-corrected chi connectivity index (χ3v) is 3.13. The van der Waals surface area contributed by atoms with Crippen molar-refractivity contribution in [2.45, 2.75) is 26.7 Å². The molecule has 1 rings (SSSR count). The van der Waals surface area contributed by atoms with E-state index < -0.39 is 0 Å². The average molecular weight is 293 g/mol. The lowest BCUT2D eigenvalue weighted by atomic mass is 10.1. The van der Waals surface area contributed by atoms with Crippen LogP contribution in [0, 0.1) is 11.8 Å². The third-order valence-electron chi connectivity index (χ3n) is 2.82. The van der Waals surface area contributed by atoms with E-state index in [2.05, 4.69) is 25.7 Å². The van der Waals surface area contributed by atoms with Crippen LogP contribution in [0.15, 0.2) is 18.2 Å². The Morgan fingerprint density at radius 2 is 1.95 bits per heavy atom. The quantitative estimate of drug-likeness (QED) is 0.848. The molecule has 0 aliphatic rings. The molecule has 0 atom stereocenters. The minimum atomic E-state index is 0.0222. The van der Waals surface area contributed by atoms with Gasteiger partial charge in [-0.05, 0) is 31.0 Å². The van der Waals surface area contributed by atoms with E-state index in [4.69, 9.17) is 17.3 Å². The van der Waals surface area contributed by atoms with Gasteiger partial charge in [0, 0.05) is 24.2 Å². The lowest BCUT2D eigenvalue weighted by Crippen LogP contribution is -2.32. The van der Waals surface area contributed by atoms with Crippen molar-refractivity contribution in [3.05, 3.63) is 34.3 Å². The van der Waals surface area contributed by atoms with Gasteiger partial charge in [0.1, 0.15) is 0 Å². The normalized spacial score (nSPS) is 9.80. The topological polar surface area (TPSA) is 46.3 Å². The Balaban J connectivity index is 2.95. The van der Waals surface area contributed by atoms with E-state index in [-0.39, 0.29) is 12.5 Å². The molecule has 0 saturated carbocycles. The van der Waals surface area contributed by atoms with Gasteiger partial charge in [0.15, 0.2) is 0 Å². The molecule has 0 spiro atoms. The van der Waals surface area contributed by atoms with Crippen LogP contribution in [0.5, 0.6) is 0 Å². The highest BCUT2D eigenvalue weighted by Gasteiger charge is 2.15. The van der Waals surface area contributed by atoms with Crippen molar-refractivity contribution in [3.8, 4) is 11.8 Å². The Morgan fingerprint density at radius 3 is 2.45 bits per heavy atom. The number of amides is 1. The Hall–Kier alpha value is -1.50. The van der Waals surface area contributed by atoms with Crippen LogP contribution in [-0.2, 0) is 0 Å². The first-order valence-corrected chi connectivity index (χ1v) is 7.29. The standard InChI is InChI=1S/C16H21ClN2O/c1-3-10-19(11-4-2)16(20)14-8-7-13(6-5-9-18)15(17)12-14/h7-8,12H,3-4,9-11,18H2,1-2H3. The molecule has 0 radical (unpaired) electrons. The zero-order valence-electron chi connectivity index (χ0n) is 12.1. The third kappa shape index (κ3) is 4.56. The Labute approximate surface area is 126 Å². The zero-order valence-corrected chi connectivity index (χ0v) is 12.8. The fourth-order valence-corrected chi connectivity index (χ4v) is 2.16. The summed E-state index contributed by atoms with van der Waals surface area (Å²) in [5.41, 5.74) is 6.64. The number of nitrogens with two attached hydrogens (primary N) is 1. The van der Waals surface area contributed by atoms with Gasteiger partial charge in [-0.1, -0.05) is 37.3 Å². The molecule has 0 unspecified atom stereocenters. The first-order valence-electron chi connectivity index (χ1n) is 6.91. The smallest absolute Gasteiger partial charge is 0.253 e. The van der Waals surface area contributed by atoms with Crippen LogP contribution in [0.1, 0.15) is 42.6 Å². The van der Waals surface area contributed by atoms with Crippen LogP contribution in [0.25, 0.3) is 0 Å². The van der Waals surface area contributed by atoms with Crippen molar-refractivity contribution in [3.63, 3.8) is 0 Å². The average Bonchev–Trinajstić information content (AvgIpc) is 2.45. The molecule has 0 saturated heterocycles. The van der Waals surface area contributed by atoms with Crippen molar-refractivity contribution in [1.82, 2.24) is 4.90 Å². The van der Waals surface area contributed by atoms with E-state index in [1.807, 2.05) is 4.90 Å². The monoisotopic (exact) mass is 292 g/mol. The minimum Gasteiger partial charge on any atom is -0.339 e. The summed E-state index contributed by atoms with van der Waals surface area (Å²) >= 11 is 6.15. The number of carbonyl (C=O) groups is 1. The van der Waals surface area contributed by atoms with E-state index >= 15 is 0 Å². The van der Waals surface area contributed by atoms with Crippen LogP contribution in [0.2, 0.25) is 5.02 Å². The zero-order chi connectivity index (χ0) is 15.0. The molecule has 1 aromatic carbocycles. The molecule has 1 amide bonds. The second kappa shape index (κ2) is 8.63. The molecule has 0 aromatic heterocycles. The van der Waals surface area contributed by atoms with E-state index in [1.54, 1.807) is 18.2 Å². The molecule has 0 heterocycles. The van der Waals surface area contributed by atoms with E-state index in [9.17, 15) is 4.79 Å². The van der Waals surface area contributed by atoms with Crippen LogP contribution in [0.4, 0.5) is 0 Å². The van der Waals surface area contributed by atoms with Gasteiger partial charge in [0.25, 0.3) is 5.91 Å². The highest BCUT2D eigenvalue weighted by Crippen LogP contribution is 2.18. The van der Waals surface area contributed by atoms with Gasteiger partial charge < -0.3 is 10.6 Å². The predicted molar refractivity (Wildman–Crippen MR) is 83.9 cm³/mol. The lowest BCUT2D eigenvalue weighted by molar-refractivity contribution is 0.0755. The summed E-state index contributed by atoms with van der Waals surface area (Å²) in [5.74, 6) is 5.66. The SMILES string of the molecule is CCCN(CCC)C(=O)c1ccc(C#CCN)c(Cl)c1. The van der Waals surface area contributed by atoms with E-state index in [1.165, 1.54) is 0 Å². The summed E-state index contributed by atoms with van der Waals surface area (Å²) < 4.78 is 0. The molecule has 108 valence electrons. The first kappa shape index (κ1) is 16.6. The number of benzene rings is 1. The lowest BCUT2D eigenvalue weighted by Gasteiger charge is -2.21. The van der Waals surface area contributed by atoms with Gasteiger partial charge in [-0.25, -0.2) is 0 Å². The summed E-state index contributed by atoms with van der Waals surface area (Å²) in [4.78, 5) is 14.3. The molecule has 3 nitrogen and oxygen atoms in total. The number of hydrogen-bond acceptors (Lipinski definition) is 2. The fourth-order valence-electron chi connectivity index (χ4n) is 1.93. The Morgan fingerprint density at radius 1 is 1.30 bits per heavy atom. The molecule has 2 N–H and O–H groups in total. The molecule has 20 heavy (non-hydrogen) atoms. The highest BCUT2D eigenvalue weighted by molar-refractivity contribution is 6.32. The summed E-state index contributed by atoms with van der Waals surface area (Å²) in [5, 5.41) is 0.491. The van der Waals surface area contributed by atoms with Crippen LogP contribution in [-0.4, -0.2) is 30.4 Å². The second-order valence-corrected chi connectivity index (χ2v) is 4.90. The summed E-state index contributed by atoms with van der Waals surface area (Å²) in [6.45, 7) is 5.94. The van der Waals surface area contributed by atoms with E-state index in [0.29, 0.717) is 16.1 Å². The van der Waals surface area contributed by atoms with Crippen molar-refractivity contribution in [2.75, 3.05) is 19.6 Å². The minimum absolute atomic E-state index is 0.0222. The molecular weight excluding hydrogens is 272 g/mol. The number of rotatable bonds is 5. The predicted octanol–water partition coefficient (Wildman–Crippen LogP) is 2.91. The van der Waals surface area contributed by atoms with Gasteiger partial charge in [-0.15, -0.1) is 0 Å². The van der Waals surface area contributed by atoms with Crippen LogP contribution < -0.4 is 5.73 Å². The van der Waals surface area contributed by atoms with Crippen LogP contribution in [0.3, 0.4) is 0 Å². The summed E-state index contributed by atoms with van der Waals surface area (Å²) in [6.07, 6.45) is 1.89.